The first-order valence-corrected chi connectivity index (χ1v) is 8.61. The van der Waals surface area contributed by atoms with Crippen molar-refractivity contribution in [2.75, 3.05) is 5.75 Å². The third kappa shape index (κ3) is 3.37. The van der Waals surface area contributed by atoms with Gasteiger partial charge in [0.05, 0.1) is 10.6 Å². The van der Waals surface area contributed by atoms with Crippen molar-refractivity contribution >= 4 is 9.84 Å². The van der Waals surface area contributed by atoms with Crippen LogP contribution in [0.1, 0.15) is 36.8 Å². The lowest BCUT2D eigenvalue weighted by Crippen LogP contribution is -2.36. The Morgan fingerprint density at radius 1 is 1.26 bits per heavy atom. The van der Waals surface area contributed by atoms with Crippen molar-refractivity contribution in [1.29, 1.82) is 0 Å². The number of hydrogen-bond donors (Lipinski definition) is 1. The summed E-state index contributed by atoms with van der Waals surface area (Å²) in [5.74, 6) is 0.446. The highest BCUT2D eigenvalue weighted by molar-refractivity contribution is 7.91. The van der Waals surface area contributed by atoms with Gasteiger partial charge in [0.1, 0.15) is 0 Å². The van der Waals surface area contributed by atoms with Gasteiger partial charge in [-0.1, -0.05) is 25.0 Å². The fourth-order valence-corrected chi connectivity index (χ4v) is 4.79. The van der Waals surface area contributed by atoms with Crippen molar-refractivity contribution in [3.8, 4) is 0 Å². The van der Waals surface area contributed by atoms with Gasteiger partial charge in [-0.15, -0.1) is 0 Å². The second kappa shape index (κ2) is 5.63. The molecular formula is C15H23NO2S. The molecule has 2 rings (SSSR count). The second-order valence-electron chi connectivity index (χ2n) is 5.76. The molecule has 19 heavy (non-hydrogen) atoms. The Hall–Kier alpha value is -0.870. The lowest BCUT2D eigenvalue weighted by molar-refractivity contribution is 0.455. The normalized spacial score (nSPS) is 18.7. The van der Waals surface area contributed by atoms with E-state index in [9.17, 15) is 8.42 Å². The standard InChI is InChI=1S/C15H23NO2S/c1-11-7-8-12(2)15(9-11)19(17,18)10-14(16)13-5-3-4-6-13/h7-9,13-14H,3-6,10,16H2,1-2H3. The van der Waals surface area contributed by atoms with Crippen molar-refractivity contribution in [3.63, 3.8) is 0 Å². The van der Waals surface area contributed by atoms with Crippen LogP contribution >= 0.6 is 0 Å². The van der Waals surface area contributed by atoms with Gasteiger partial charge in [0.15, 0.2) is 9.84 Å². The number of benzene rings is 1. The highest BCUT2D eigenvalue weighted by Gasteiger charge is 2.28. The van der Waals surface area contributed by atoms with Crippen molar-refractivity contribution in [1.82, 2.24) is 0 Å². The third-order valence-corrected chi connectivity index (χ3v) is 6.03. The Labute approximate surface area is 116 Å². The number of rotatable bonds is 4. The second-order valence-corrected chi connectivity index (χ2v) is 7.76. The number of nitrogens with two attached hydrogens (primary N) is 1. The van der Waals surface area contributed by atoms with Crippen LogP contribution in [0.5, 0.6) is 0 Å². The topological polar surface area (TPSA) is 60.2 Å². The molecule has 1 aliphatic rings. The summed E-state index contributed by atoms with van der Waals surface area (Å²) in [4.78, 5) is 0.445. The van der Waals surface area contributed by atoms with Gasteiger partial charge in [0.25, 0.3) is 0 Å². The highest BCUT2D eigenvalue weighted by atomic mass is 32.2. The van der Waals surface area contributed by atoms with Gasteiger partial charge in [0, 0.05) is 6.04 Å². The van der Waals surface area contributed by atoms with E-state index in [1.165, 1.54) is 12.8 Å². The monoisotopic (exact) mass is 281 g/mol. The van der Waals surface area contributed by atoms with E-state index in [2.05, 4.69) is 0 Å². The molecule has 0 heterocycles. The molecule has 4 heteroatoms. The zero-order valence-electron chi connectivity index (χ0n) is 11.7. The fraction of sp³-hybridized carbons (Fsp3) is 0.600. The SMILES string of the molecule is Cc1ccc(C)c(S(=O)(=O)CC(N)C2CCCC2)c1. The summed E-state index contributed by atoms with van der Waals surface area (Å²) in [6.45, 7) is 3.75. The summed E-state index contributed by atoms with van der Waals surface area (Å²) in [7, 11) is -3.28. The Morgan fingerprint density at radius 2 is 1.89 bits per heavy atom. The average molecular weight is 281 g/mol. The first-order valence-electron chi connectivity index (χ1n) is 6.96. The van der Waals surface area contributed by atoms with Crippen LogP contribution in [0.25, 0.3) is 0 Å². The molecule has 1 unspecified atom stereocenters. The Bertz CT molecular complexity index is 545. The maximum Gasteiger partial charge on any atom is 0.180 e. The smallest absolute Gasteiger partial charge is 0.180 e. The highest BCUT2D eigenvalue weighted by Crippen LogP contribution is 2.28. The molecule has 1 fully saturated rings. The molecule has 106 valence electrons. The molecule has 0 spiro atoms. The molecule has 3 nitrogen and oxygen atoms in total. The Balaban J connectivity index is 2.19. The van der Waals surface area contributed by atoms with Crippen molar-refractivity contribution in [2.24, 2.45) is 11.7 Å². The maximum absolute atomic E-state index is 12.5. The van der Waals surface area contributed by atoms with Crippen LogP contribution in [0.2, 0.25) is 0 Å². The van der Waals surface area contributed by atoms with E-state index >= 15 is 0 Å². The lowest BCUT2D eigenvalue weighted by Gasteiger charge is -2.19. The van der Waals surface area contributed by atoms with Crippen LogP contribution in [0.4, 0.5) is 0 Å². The molecule has 0 saturated heterocycles. The summed E-state index contributed by atoms with van der Waals surface area (Å²) in [6, 6.07) is 5.33. The predicted octanol–water partition coefficient (Wildman–Crippen LogP) is 2.59. The summed E-state index contributed by atoms with van der Waals surface area (Å²) in [5, 5.41) is 0. The van der Waals surface area contributed by atoms with Gasteiger partial charge in [-0.2, -0.15) is 0 Å². The molecule has 1 atom stereocenters. The van der Waals surface area contributed by atoms with Gasteiger partial charge in [-0.05, 0) is 49.8 Å². The summed E-state index contributed by atoms with van der Waals surface area (Å²) in [5.41, 5.74) is 7.89. The van der Waals surface area contributed by atoms with Crippen LogP contribution in [0.3, 0.4) is 0 Å². The van der Waals surface area contributed by atoms with E-state index in [0.29, 0.717) is 10.8 Å². The van der Waals surface area contributed by atoms with Gasteiger partial charge >= 0.3 is 0 Å². The summed E-state index contributed by atoms with van der Waals surface area (Å²) < 4.78 is 25.0. The predicted molar refractivity (Wildman–Crippen MR) is 77.9 cm³/mol. The number of aryl methyl sites for hydroxylation is 2. The molecule has 0 aromatic heterocycles. The minimum Gasteiger partial charge on any atom is -0.327 e. The first kappa shape index (κ1) is 14.5. The molecule has 1 aromatic rings. The molecule has 0 aliphatic heterocycles. The largest absolute Gasteiger partial charge is 0.327 e. The van der Waals surface area contributed by atoms with Gasteiger partial charge in [-0.25, -0.2) is 8.42 Å². The zero-order valence-corrected chi connectivity index (χ0v) is 12.5. The third-order valence-electron chi connectivity index (χ3n) is 4.10. The van der Waals surface area contributed by atoms with Gasteiger partial charge in [0.2, 0.25) is 0 Å². The molecule has 1 aromatic carbocycles. The number of sulfone groups is 1. The van der Waals surface area contributed by atoms with Crippen LogP contribution < -0.4 is 5.73 Å². The van der Waals surface area contributed by atoms with Crippen molar-refractivity contribution < 1.29 is 8.42 Å². The van der Waals surface area contributed by atoms with E-state index in [4.69, 9.17) is 5.73 Å². The van der Waals surface area contributed by atoms with Crippen LogP contribution in [0, 0.1) is 19.8 Å². The zero-order chi connectivity index (χ0) is 14.0. The average Bonchev–Trinajstić information content (AvgIpc) is 2.85. The number of hydrogen-bond acceptors (Lipinski definition) is 3. The van der Waals surface area contributed by atoms with Crippen molar-refractivity contribution in [3.05, 3.63) is 29.3 Å². The van der Waals surface area contributed by atoms with Crippen LogP contribution in [-0.4, -0.2) is 20.2 Å². The Morgan fingerprint density at radius 3 is 2.53 bits per heavy atom. The quantitative estimate of drug-likeness (QED) is 0.922. The van der Waals surface area contributed by atoms with E-state index in [1.54, 1.807) is 6.07 Å². The van der Waals surface area contributed by atoms with Crippen molar-refractivity contribution in [2.45, 2.75) is 50.5 Å². The van der Waals surface area contributed by atoms with E-state index in [-0.39, 0.29) is 11.8 Å². The molecule has 0 bridgehead atoms. The van der Waals surface area contributed by atoms with Gasteiger partial charge < -0.3 is 5.73 Å². The molecule has 0 amide bonds. The molecule has 1 aliphatic carbocycles. The van der Waals surface area contributed by atoms with Gasteiger partial charge in [-0.3, -0.25) is 0 Å². The van der Waals surface area contributed by atoms with E-state index in [0.717, 1.165) is 24.0 Å². The first-order chi connectivity index (χ1) is 8.90. The lowest BCUT2D eigenvalue weighted by atomic mass is 10.0. The van der Waals surface area contributed by atoms with Crippen LogP contribution in [0.15, 0.2) is 23.1 Å². The minimum atomic E-state index is -3.28. The molecular weight excluding hydrogens is 258 g/mol. The summed E-state index contributed by atoms with van der Waals surface area (Å²) >= 11 is 0. The maximum atomic E-state index is 12.5. The minimum absolute atomic E-state index is 0.0714. The fourth-order valence-electron chi connectivity index (χ4n) is 2.91. The molecule has 2 N–H and O–H groups in total. The Kier molecular flexibility index (Phi) is 4.31. The molecule has 0 radical (unpaired) electrons. The van der Waals surface area contributed by atoms with E-state index in [1.807, 2.05) is 26.0 Å². The molecule has 1 saturated carbocycles. The van der Waals surface area contributed by atoms with Crippen LogP contribution in [-0.2, 0) is 9.84 Å². The van der Waals surface area contributed by atoms with E-state index < -0.39 is 9.84 Å². The summed E-state index contributed by atoms with van der Waals surface area (Å²) in [6.07, 6.45) is 4.51.